The molecule has 0 spiro atoms. The van der Waals surface area contributed by atoms with Gasteiger partial charge in [0.15, 0.2) is 5.13 Å². The Labute approximate surface area is 156 Å². The molecule has 2 heterocycles. The van der Waals surface area contributed by atoms with Crippen molar-refractivity contribution in [2.24, 2.45) is 0 Å². The van der Waals surface area contributed by atoms with Crippen LogP contribution >= 0.6 is 35.3 Å². The number of aryl methyl sites for hydroxylation is 1. The average molecular weight is 388 g/mol. The van der Waals surface area contributed by atoms with Crippen molar-refractivity contribution in [2.45, 2.75) is 19.4 Å². The zero-order valence-corrected chi connectivity index (χ0v) is 15.6. The molecule has 1 unspecified atom stereocenters. The zero-order chi connectivity index (χ0) is 16.2. The Balaban J connectivity index is 0.00000208. The summed E-state index contributed by atoms with van der Waals surface area (Å²) in [6.45, 7) is 3.91. The summed E-state index contributed by atoms with van der Waals surface area (Å²) in [7, 11) is 0. The molecule has 0 saturated carbocycles. The SMILES string of the molecule is Cc1cc(Cl)ccc1Cc1cnc(NC(=O)C2CNCCO2)s1.Cl. The lowest BCUT2D eigenvalue weighted by molar-refractivity contribution is -0.128. The molecule has 1 aromatic carbocycles. The van der Waals surface area contributed by atoms with Crippen LogP contribution < -0.4 is 10.6 Å². The van der Waals surface area contributed by atoms with Crippen molar-refractivity contribution >= 4 is 46.4 Å². The summed E-state index contributed by atoms with van der Waals surface area (Å²) in [6, 6.07) is 5.87. The molecular formula is C16H19Cl2N3O2S. The Kier molecular flexibility index (Phi) is 7.01. The number of anilines is 1. The second-order valence-electron chi connectivity index (χ2n) is 5.43. The van der Waals surface area contributed by atoms with Gasteiger partial charge in [-0.15, -0.1) is 23.7 Å². The zero-order valence-electron chi connectivity index (χ0n) is 13.2. The molecule has 8 heteroatoms. The molecule has 5 nitrogen and oxygen atoms in total. The molecule has 1 saturated heterocycles. The largest absolute Gasteiger partial charge is 0.366 e. The number of carbonyl (C=O) groups excluding carboxylic acids is 1. The minimum absolute atomic E-state index is 0. The number of nitrogens with one attached hydrogen (secondary N) is 2. The number of carbonyl (C=O) groups is 1. The monoisotopic (exact) mass is 387 g/mol. The average Bonchev–Trinajstić information content (AvgIpc) is 2.98. The van der Waals surface area contributed by atoms with Gasteiger partial charge in [0, 0.05) is 35.6 Å². The highest BCUT2D eigenvalue weighted by Crippen LogP contribution is 2.24. The van der Waals surface area contributed by atoms with Crippen molar-refractivity contribution in [3.05, 3.63) is 45.4 Å². The molecule has 130 valence electrons. The first-order chi connectivity index (χ1) is 11.1. The number of aromatic nitrogens is 1. The van der Waals surface area contributed by atoms with Crippen molar-refractivity contribution in [3.8, 4) is 0 Å². The van der Waals surface area contributed by atoms with Crippen molar-refractivity contribution in [3.63, 3.8) is 0 Å². The van der Waals surface area contributed by atoms with Gasteiger partial charge in [0.05, 0.1) is 6.61 Å². The maximum Gasteiger partial charge on any atom is 0.256 e. The van der Waals surface area contributed by atoms with E-state index in [0.29, 0.717) is 18.3 Å². The lowest BCUT2D eigenvalue weighted by Gasteiger charge is -2.22. The minimum Gasteiger partial charge on any atom is -0.366 e. The van der Waals surface area contributed by atoms with Gasteiger partial charge in [-0.25, -0.2) is 4.98 Å². The normalized spacial score (nSPS) is 17.2. The fourth-order valence-corrected chi connectivity index (χ4v) is 3.48. The van der Waals surface area contributed by atoms with Crippen LogP contribution in [0.25, 0.3) is 0 Å². The first kappa shape index (κ1) is 19.1. The third kappa shape index (κ3) is 4.91. The fourth-order valence-electron chi connectivity index (χ4n) is 2.41. The molecule has 1 aliphatic rings. The van der Waals surface area contributed by atoms with Crippen LogP contribution in [0.3, 0.4) is 0 Å². The molecule has 24 heavy (non-hydrogen) atoms. The predicted octanol–water partition coefficient (Wildman–Crippen LogP) is 3.04. The lowest BCUT2D eigenvalue weighted by Crippen LogP contribution is -2.45. The predicted molar refractivity (Wildman–Crippen MR) is 99.6 cm³/mol. The summed E-state index contributed by atoms with van der Waals surface area (Å²) in [5.74, 6) is -0.152. The quantitative estimate of drug-likeness (QED) is 0.845. The smallest absolute Gasteiger partial charge is 0.256 e. The summed E-state index contributed by atoms with van der Waals surface area (Å²) in [4.78, 5) is 17.5. The first-order valence-corrected chi connectivity index (χ1v) is 8.64. The van der Waals surface area contributed by atoms with Gasteiger partial charge in [0.2, 0.25) is 0 Å². The number of hydrogen-bond acceptors (Lipinski definition) is 5. The minimum atomic E-state index is -0.449. The highest BCUT2D eigenvalue weighted by molar-refractivity contribution is 7.15. The van der Waals surface area contributed by atoms with Gasteiger partial charge in [-0.05, 0) is 30.2 Å². The summed E-state index contributed by atoms with van der Waals surface area (Å²) >= 11 is 7.46. The van der Waals surface area contributed by atoms with E-state index >= 15 is 0 Å². The maximum absolute atomic E-state index is 12.1. The van der Waals surface area contributed by atoms with E-state index in [1.54, 1.807) is 6.20 Å². The molecule has 1 fully saturated rings. The van der Waals surface area contributed by atoms with E-state index in [-0.39, 0.29) is 18.3 Å². The molecule has 2 N–H and O–H groups in total. The van der Waals surface area contributed by atoms with Crippen LogP contribution in [0.1, 0.15) is 16.0 Å². The van der Waals surface area contributed by atoms with Crippen LogP contribution in [-0.2, 0) is 16.0 Å². The van der Waals surface area contributed by atoms with Crippen LogP contribution in [0, 0.1) is 6.92 Å². The molecule has 0 bridgehead atoms. The Morgan fingerprint density at radius 1 is 1.54 bits per heavy atom. The number of hydrogen-bond donors (Lipinski definition) is 2. The number of amides is 1. The third-order valence-corrected chi connectivity index (χ3v) is 4.82. The van der Waals surface area contributed by atoms with E-state index in [2.05, 4.69) is 15.6 Å². The molecule has 3 rings (SSSR count). The van der Waals surface area contributed by atoms with Crippen molar-refractivity contribution in [1.29, 1.82) is 0 Å². The number of thiazole rings is 1. The van der Waals surface area contributed by atoms with Crippen molar-refractivity contribution < 1.29 is 9.53 Å². The maximum atomic E-state index is 12.1. The summed E-state index contributed by atoms with van der Waals surface area (Å²) in [5, 5.41) is 7.30. The molecule has 1 amide bonds. The number of nitrogens with zero attached hydrogens (tertiary/aromatic N) is 1. The molecule has 1 aromatic heterocycles. The Bertz CT molecular complexity index is 702. The van der Waals surface area contributed by atoms with Crippen LogP contribution in [0.2, 0.25) is 5.02 Å². The molecule has 0 aliphatic carbocycles. The summed E-state index contributed by atoms with van der Waals surface area (Å²) < 4.78 is 5.43. The summed E-state index contributed by atoms with van der Waals surface area (Å²) in [5.41, 5.74) is 2.36. The van der Waals surface area contributed by atoms with Crippen LogP contribution in [0.15, 0.2) is 24.4 Å². The van der Waals surface area contributed by atoms with Gasteiger partial charge in [0.1, 0.15) is 6.10 Å². The van der Waals surface area contributed by atoms with E-state index in [0.717, 1.165) is 28.4 Å². The Hall–Kier alpha value is -1.18. The lowest BCUT2D eigenvalue weighted by atomic mass is 10.1. The Morgan fingerprint density at radius 2 is 2.38 bits per heavy atom. The number of rotatable bonds is 4. The van der Waals surface area contributed by atoms with E-state index in [9.17, 15) is 4.79 Å². The van der Waals surface area contributed by atoms with Crippen LogP contribution in [0.5, 0.6) is 0 Å². The van der Waals surface area contributed by atoms with Gasteiger partial charge in [-0.1, -0.05) is 17.7 Å². The van der Waals surface area contributed by atoms with Gasteiger partial charge >= 0.3 is 0 Å². The molecular weight excluding hydrogens is 369 g/mol. The molecule has 2 aromatic rings. The molecule has 0 radical (unpaired) electrons. The first-order valence-electron chi connectivity index (χ1n) is 7.45. The highest BCUT2D eigenvalue weighted by Gasteiger charge is 2.22. The van der Waals surface area contributed by atoms with Gasteiger partial charge in [-0.2, -0.15) is 0 Å². The van der Waals surface area contributed by atoms with E-state index in [1.165, 1.54) is 16.9 Å². The topological polar surface area (TPSA) is 63.2 Å². The van der Waals surface area contributed by atoms with Crippen molar-refractivity contribution in [2.75, 3.05) is 25.0 Å². The highest BCUT2D eigenvalue weighted by atomic mass is 35.5. The van der Waals surface area contributed by atoms with Gasteiger partial charge in [0.25, 0.3) is 5.91 Å². The second kappa shape index (κ2) is 8.78. The molecule has 1 aliphatic heterocycles. The van der Waals surface area contributed by atoms with Crippen LogP contribution in [-0.4, -0.2) is 36.7 Å². The number of halogens is 2. The second-order valence-corrected chi connectivity index (χ2v) is 6.98. The van der Waals surface area contributed by atoms with Gasteiger partial charge in [-0.3, -0.25) is 10.1 Å². The third-order valence-electron chi connectivity index (χ3n) is 3.67. The molecule has 1 atom stereocenters. The standard InChI is InChI=1S/C16H18ClN3O2S.ClH/c1-10-6-12(17)3-2-11(10)7-13-8-19-16(23-13)20-15(21)14-9-18-4-5-22-14;/h2-3,6,8,14,18H,4-5,7,9H2,1H3,(H,19,20,21);1H. The van der Waals surface area contributed by atoms with Crippen molar-refractivity contribution in [1.82, 2.24) is 10.3 Å². The van der Waals surface area contributed by atoms with E-state index in [1.807, 2.05) is 25.1 Å². The summed E-state index contributed by atoms with van der Waals surface area (Å²) in [6.07, 6.45) is 2.13. The fraction of sp³-hybridized carbons (Fsp3) is 0.375. The van der Waals surface area contributed by atoms with E-state index < -0.39 is 6.10 Å². The number of ether oxygens (including phenoxy) is 1. The van der Waals surface area contributed by atoms with Crippen LogP contribution in [0.4, 0.5) is 5.13 Å². The number of morpholine rings is 1. The number of benzene rings is 1. The van der Waals surface area contributed by atoms with E-state index in [4.69, 9.17) is 16.3 Å². The van der Waals surface area contributed by atoms with Gasteiger partial charge < -0.3 is 10.1 Å². The Morgan fingerprint density at radius 3 is 3.08 bits per heavy atom.